The molecule has 0 atom stereocenters. The van der Waals surface area contributed by atoms with Crippen LogP contribution in [0.4, 0.5) is 0 Å². The summed E-state index contributed by atoms with van der Waals surface area (Å²) in [5, 5.41) is 0.797. The second kappa shape index (κ2) is 4.87. The maximum Gasteiger partial charge on any atom is 0.195 e. The minimum atomic E-state index is 0.119. The molecule has 0 saturated carbocycles. The van der Waals surface area contributed by atoms with Crippen molar-refractivity contribution in [2.24, 2.45) is 10.7 Å². The molecule has 0 amide bonds. The molecule has 4 heteroatoms. The second-order valence-electron chi connectivity index (χ2n) is 5.05. The lowest BCUT2D eigenvalue weighted by Gasteiger charge is -2.18. The molecule has 0 aliphatic heterocycles. The topological polar surface area (TPSA) is 55.4 Å². The van der Waals surface area contributed by atoms with Crippen LogP contribution in [0.1, 0.15) is 30.7 Å². The van der Waals surface area contributed by atoms with E-state index in [4.69, 9.17) is 5.73 Å². The van der Waals surface area contributed by atoms with Crippen molar-refractivity contribution >= 4 is 32.8 Å². The Bertz CT molecular complexity index is 811. The quantitative estimate of drug-likeness (QED) is 0.645. The molecule has 3 rings (SSSR count). The van der Waals surface area contributed by atoms with E-state index >= 15 is 0 Å². The fraction of sp³-hybridized carbons (Fsp3) is 0.250. The summed E-state index contributed by atoms with van der Waals surface area (Å²) in [6, 6.07) is 7.80. The summed E-state index contributed by atoms with van der Waals surface area (Å²) in [6.07, 6.45) is 1.71. The van der Waals surface area contributed by atoms with Crippen LogP contribution in [0.5, 0.6) is 0 Å². The van der Waals surface area contributed by atoms with Crippen LogP contribution in [0.25, 0.3) is 15.7 Å². The van der Waals surface area contributed by atoms with Gasteiger partial charge in [-0.3, -0.25) is 4.79 Å². The van der Waals surface area contributed by atoms with E-state index in [1.807, 2.05) is 31.2 Å². The molecular weight excluding hydrogens is 268 g/mol. The van der Waals surface area contributed by atoms with Crippen molar-refractivity contribution in [2.45, 2.75) is 26.7 Å². The summed E-state index contributed by atoms with van der Waals surface area (Å²) in [7, 11) is 0. The predicted molar refractivity (Wildman–Crippen MR) is 86.3 cm³/mol. The van der Waals surface area contributed by atoms with Crippen molar-refractivity contribution in [1.29, 1.82) is 0 Å². The van der Waals surface area contributed by atoms with Crippen LogP contribution < -0.4 is 11.2 Å². The average Bonchev–Trinajstić information content (AvgIpc) is 2.42. The number of nitrogens with two attached hydrogens (primary N) is 1. The molecule has 2 aromatic rings. The van der Waals surface area contributed by atoms with Gasteiger partial charge in [0.05, 0.1) is 5.84 Å². The molecular formula is C16H16N2OS. The van der Waals surface area contributed by atoms with Crippen LogP contribution in [0.2, 0.25) is 0 Å². The lowest BCUT2D eigenvalue weighted by atomic mass is 9.94. The van der Waals surface area contributed by atoms with Crippen LogP contribution in [0.3, 0.4) is 0 Å². The summed E-state index contributed by atoms with van der Waals surface area (Å²) >= 11 is 1.71. The molecule has 102 valence electrons. The maximum atomic E-state index is 12.7. The van der Waals surface area contributed by atoms with Crippen molar-refractivity contribution < 1.29 is 0 Å². The molecule has 20 heavy (non-hydrogen) atoms. The first-order valence-electron chi connectivity index (χ1n) is 6.63. The molecule has 1 aliphatic rings. The highest BCUT2D eigenvalue weighted by molar-refractivity contribution is 7.18. The largest absolute Gasteiger partial charge is 0.387 e. The Morgan fingerprint density at radius 2 is 2.05 bits per heavy atom. The van der Waals surface area contributed by atoms with Gasteiger partial charge in [-0.1, -0.05) is 12.1 Å². The number of aryl methyl sites for hydroxylation is 1. The summed E-state index contributed by atoms with van der Waals surface area (Å²) in [5.74, 6) is 0.541. The lowest BCUT2D eigenvalue weighted by molar-refractivity contribution is 0.916. The Kier molecular flexibility index (Phi) is 3.18. The summed E-state index contributed by atoms with van der Waals surface area (Å²) in [5.41, 5.74) is 8.54. The van der Waals surface area contributed by atoms with Crippen molar-refractivity contribution in [2.75, 3.05) is 0 Å². The Hall–Kier alpha value is -1.94. The minimum Gasteiger partial charge on any atom is -0.387 e. The van der Waals surface area contributed by atoms with E-state index in [9.17, 15) is 4.79 Å². The van der Waals surface area contributed by atoms with Crippen molar-refractivity contribution in [3.8, 4) is 0 Å². The van der Waals surface area contributed by atoms with Crippen molar-refractivity contribution in [1.82, 2.24) is 0 Å². The van der Waals surface area contributed by atoms with E-state index < -0.39 is 0 Å². The highest BCUT2D eigenvalue weighted by Crippen LogP contribution is 2.34. The Labute approximate surface area is 121 Å². The van der Waals surface area contributed by atoms with Crippen LogP contribution >= 0.6 is 11.3 Å². The third kappa shape index (κ3) is 2.06. The fourth-order valence-corrected chi connectivity index (χ4v) is 3.89. The van der Waals surface area contributed by atoms with Gasteiger partial charge in [-0.15, -0.1) is 11.3 Å². The molecule has 0 saturated heterocycles. The number of hydrogen-bond acceptors (Lipinski definition) is 3. The first-order chi connectivity index (χ1) is 9.58. The van der Waals surface area contributed by atoms with Crippen LogP contribution in [-0.4, -0.2) is 5.84 Å². The second-order valence-corrected chi connectivity index (χ2v) is 6.19. The van der Waals surface area contributed by atoms with E-state index in [2.05, 4.69) is 4.99 Å². The van der Waals surface area contributed by atoms with Crippen LogP contribution in [0.15, 0.2) is 39.7 Å². The first-order valence-corrected chi connectivity index (χ1v) is 7.45. The number of fused-ring (bicyclic) bond motifs is 2. The molecule has 2 N–H and O–H groups in total. The zero-order valence-electron chi connectivity index (χ0n) is 11.6. The SMILES string of the molecule is CC(N)=NC1=C(C)c2c(sc3ccccc3c2=O)CC1. The van der Waals surface area contributed by atoms with E-state index in [1.54, 1.807) is 18.3 Å². The zero-order valence-corrected chi connectivity index (χ0v) is 12.4. The third-order valence-electron chi connectivity index (χ3n) is 3.58. The maximum absolute atomic E-state index is 12.7. The molecule has 1 aromatic heterocycles. The molecule has 1 aromatic carbocycles. The van der Waals surface area contributed by atoms with Crippen molar-refractivity contribution in [3.63, 3.8) is 0 Å². The smallest absolute Gasteiger partial charge is 0.195 e. The van der Waals surface area contributed by atoms with Gasteiger partial charge in [0, 0.05) is 26.2 Å². The molecule has 0 radical (unpaired) electrons. The molecule has 1 heterocycles. The predicted octanol–water partition coefficient (Wildman–Crippen LogP) is 3.32. The van der Waals surface area contributed by atoms with E-state index in [1.165, 1.54) is 4.88 Å². The normalized spacial score (nSPS) is 15.6. The summed E-state index contributed by atoms with van der Waals surface area (Å²) < 4.78 is 1.06. The minimum absolute atomic E-state index is 0.119. The van der Waals surface area contributed by atoms with Gasteiger partial charge in [0.15, 0.2) is 5.43 Å². The monoisotopic (exact) mass is 284 g/mol. The zero-order chi connectivity index (χ0) is 14.3. The van der Waals surface area contributed by atoms with Gasteiger partial charge in [-0.2, -0.15) is 0 Å². The van der Waals surface area contributed by atoms with Crippen LogP contribution in [-0.2, 0) is 6.42 Å². The highest BCUT2D eigenvalue weighted by Gasteiger charge is 2.21. The molecule has 1 aliphatic carbocycles. The number of hydrogen-bond donors (Lipinski definition) is 1. The first kappa shape index (κ1) is 13.1. The van der Waals surface area contributed by atoms with E-state index in [0.29, 0.717) is 5.84 Å². The van der Waals surface area contributed by atoms with Gasteiger partial charge in [0.2, 0.25) is 0 Å². The molecule has 0 fully saturated rings. The lowest BCUT2D eigenvalue weighted by Crippen LogP contribution is -2.15. The Balaban J connectivity index is 2.33. The highest BCUT2D eigenvalue weighted by atomic mass is 32.1. The molecule has 0 unspecified atom stereocenters. The van der Waals surface area contributed by atoms with Gasteiger partial charge in [0.25, 0.3) is 0 Å². The fourth-order valence-electron chi connectivity index (χ4n) is 2.66. The van der Waals surface area contributed by atoms with Gasteiger partial charge in [-0.25, -0.2) is 4.99 Å². The van der Waals surface area contributed by atoms with Gasteiger partial charge < -0.3 is 5.73 Å². The molecule has 0 spiro atoms. The number of benzene rings is 1. The third-order valence-corrected chi connectivity index (χ3v) is 4.81. The van der Waals surface area contributed by atoms with Gasteiger partial charge >= 0.3 is 0 Å². The van der Waals surface area contributed by atoms with E-state index in [-0.39, 0.29) is 5.43 Å². The Morgan fingerprint density at radius 1 is 1.30 bits per heavy atom. The Morgan fingerprint density at radius 3 is 2.80 bits per heavy atom. The van der Waals surface area contributed by atoms with Gasteiger partial charge in [0.1, 0.15) is 0 Å². The summed E-state index contributed by atoms with van der Waals surface area (Å²) in [4.78, 5) is 18.3. The van der Waals surface area contributed by atoms with Crippen molar-refractivity contribution in [3.05, 3.63) is 50.6 Å². The summed E-state index contributed by atoms with van der Waals surface area (Å²) in [6.45, 7) is 3.75. The molecule has 0 bridgehead atoms. The molecule has 3 nitrogen and oxygen atoms in total. The number of nitrogens with zero attached hydrogens (tertiary/aromatic N) is 1. The number of allylic oxidation sites excluding steroid dienone is 2. The number of aliphatic imine (C=N–C) groups is 1. The number of rotatable bonds is 1. The standard InChI is InChI=1S/C16H16N2OS/c1-9-12(18-10(2)17)7-8-14-15(9)16(19)11-5-3-4-6-13(11)20-14/h3-6H,7-8H2,1-2H3,(H2,17,18). The average molecular weight is 284 g/mol. The van der Waals surface area contributed by atoms with Gasteiger partial charge in [-0.05, 0) is 44.4 Å². The number of amidine groups is 1. The van der Waals surface area contributed by atoms with Crippen LogP contribution in [0, 0.1) is 0 Å². The van der Waals surface area contributed by atoms with E-state index in [0.717, 1.165) is 39.8 Å².